The van der Waals surface area contributed by atoms with Gasteiger partial charge in [0.25, 0.3) is 0 Å². The third-order valence-corrected chi connectivity index (χ3v) is 3.69. The molecule has 1 aromatic carbocycles. The van der Waals surface area contributed by atoms with Crippen LogP contribution in [0.3, 0.4) is 0 Å². The van der Waals surface area contributed by atoms with Crippen molar-refractivity contribution in [2.24, 2.45) is 5.73 Å². The fourth-order valence-electron chi connectivity index (χ4n) is 1.73. The number of benzene rings is 1. The number of esters is 1. The van der Waals surface area contributed by atoms with Gasteiger partial charge in [-0.1, -0.05) is 15.9 Å². The van der Waals surface area contributed by atoms with Crippen LogP contribution in [0.5, 0.6) is 5.75 Å². The highest BCUT2D eigenvalue weighted by Crippen LogP contribution is 2.36. The van der Waals surface area contributed by atoms with Gasteiger partial charge in [0.05, 0.1) is 30.1 Å². The Kier molecular flexibility index (Phi) is 7.13. The van der Waals surface area contributed by atoms with Crippen LogP contribution in [0.2, 0.25) is 0 Å². The van der Waals surface area contributed by atoms with Crippen LogP contribution in [-0.2, 0) is 14.3 Å². The smallest absolute Gasteiger partial charge is 0.308 e. The van der Waals surface area contributed by atoms with E-state index in [1.807, 2.05) is 0 Å². The third-order valence-electron chi connectivity index (χ3n) is 2.63. The van der Waals surface area contributed by atoms with Crippen molar-refractivity contribution in [1.82, 2.24) is 5.32 Å². The van der Waals surface area contributed by atoms with E-state index in [0.717, 1.165) is 0 Å². The van der Waals surface area contributed by atoms with Crippen LogP contribution < -0.4 is 11.1 Å². The van der Waals surface area contributed by atoms with Crippen LogP contribution in [0.25, 0.3) is 0 Å². The van der Waals surface area contributed by atoms with Crippen molar-refractivity contribution < 1.29 is 19.4 Å². The van der Waals surface area contributed by atoms with Gasteiger partial charge in [-0.05, 0) is 35.0 Å². The van der Waals surface area contributed by atoms with E-state index in [9.17, 15) is 14.7 Å². The molecular weight excluding hydrogens is 408 g/mol. The van der Waals surface area contributed by atoms with Crippen LogP contribution in [0.4, 0.5) is 0 Å². The summed E-state index contributed by atoms with van der Waals surface area (Å²) in [5.74, 6) is -0.958. The zero-order chi connectivity index (χ0) is 16.0. The second-order valence-corrected chi connectivity index (χ2v) is 5.93. The molecule has 0 saturated heterocycles. The first kappa shape index (κ1) is 17.9. The number of carbonyl (C=O) groups excluding carboxylic acids is 2. The van der Waals surface area contributed by atoms with Crippen LogP contribution >= 0.6 is 31.9 Å². The van der Waals surface area contributed by atoms with Gasteiger partial charge in [-0.2, -0.15) is 0 Å². The summed E-state index contributed by atoms with van der Waals surface area (Å²) in [6.45, 7) is 1.72. The van der Waals surface area contributed by atoms with E-state index >= 15 is 0 Å². The molecular formula is C13H16Br2N2O4. The number of nitrogens with two attached hydrogens (primary N) is 1. The monoisotopic (exact) mass is 422 g/mol. The number of hydrogen-bond donors (Lipinski definition) is 3. The highest BCUT2D eigenvalue weighted by molar-refractivity contribution is 9.11. The molecule has 0 radical (unpaired) electrons. The minimum atomic E-state index is -0.728. The first-order valence-electron chi connectivity index (χ1n) is 6.22. The van der Waals surface area contributed by atoms with Gasteiger partial charge in [-0.25, -0.2) is 0 Å². The maximum atomic E-state index is 11.7. The van der Waals surface area contributed by atoms with Crippen LogP contribution in [0, 0.1) is 0 Å². The summed E-state index contributed by atoms with van der Waals surface area (Å²) < 4.78 is 6.02. The number of phenols is 1. The Morgan fingerprint density at radius 3 is 2.67 bits per heavy atom. The number of phenolic OH excluding ortho intramolecular Hbond substituents is 1. The number of nitrogens with one attached hydrogen (secondary N) is 1. The van der Waals surface area contributed by atoms with E-state index in [2.05, 4.69) is 37.2 Å². The van der Waals surface area contributed by atoms with Crippen molar-refractivity contribution in [3.63, 3.8) is 0 Å². The van der Waals surface area contributed by atoms with E-state index in [1.54, 1.807) is 19.1 Å². The van der Waals surface area contributed by atoms with Crippen molar-refractivity contribution in [2.45, 2.75) is 19.4 Å². The van der Waals surface area contributed by atoms with Crippen molar-refractivity contribution in [2.75, 3.05) is 13.2 Å². The molecule has 0 aliphatic rings. The summed E-state index contributed by atoms with van der Waals surface area (Å²) in [7, 11) is 0. The maximum Gasteiger partial charge on any atom is 0.308 e. The number of halogens is 2. The Labute approximate surface area is 139 Å². The molecule has 1 amide bonds. The lowest BCUT2D eigenvalue weighted by atomic mass is 10.0. The highest BCUT2D eigenvalue weighted by atomic mass is 79.9. The maximum absolute atomic E-state index is 11.7. The zero-order valence-corrected chi connectivity index (χ0v) is 14.5. The second kappa shape index (κ2) is 8.35. The molecule has 0 fully saturated rings. The predicted molar refractivity (Wildman–Crippen MR) is 84.7 cm³/mol. The van der Waals surface area contributed by atoms with E-state index in [4.69, 9.17) is 10.5 Å². The first-order chi connectivity index (χ1) is 9.88. The Balaban J connectivity index is 3.10. The quantitative estimate of drug-likeness (QED) is 0.607. The molecule has 4 N–H and O–H groups in total. The topological polar surface area (TPSA) is 102 Å². The number of hydrogen-bond acceptors (Lipinski definition) is 5. The summed E-state index contributed by atoms with van der Waals surface area (Å²) >= 11 is 6.51. The lowest BCUT2D eigenvalue weighted by molar-refractivity contribution is -0.143. The fraction of sp³-hybridized carbons (Fsp3) is 0.385. The summed E-state index contributed by atoms with van der Waals surface area (Å²) in [5.41, 5.74) is 5.67. The van der Waals surface area contributed by atoms with Crippen molar-refractivity contribution in [3.8, 4) is 5.75 Å². The molecule has 1 atom stereocenters. The Morgan fingerprint density at radius 2 is 2.10 bits per heavy atom. The normalized spacial score (nSPS) is 11.8. The van der Waals surface area contributed by atoms with Crippen LogP contribution in [-0.4, -0.2) is 30.1 Å². The van der Waals surface area contributed by atoms with Gasteiger partial charge in [-0.3, -0.25) is 9.59 Å². The SMILES string of the molecule is CCOC(=O)C[C@H](NC(=O)CN)c1cc(Br)cc(Br)c1O. The molecule has 0 saturated carbocycles. The zero-order valence-electron chi connectivity index (χ0n) is 11.4. The molecule has 0 unspecified atom stereocenters. The molecule has 21 heavy (non-hydrogen) atoms. The van der Waals surface area contributed by atoms with E-state index < -0.39 is 17.9 Å². The van der Waals surface area contributed by atoms with Gasteiger partial charge < -0.3 is 20.9 Å². The van der Waals surface area contributed by atoms with E-state index in [0.29, 0.717) is 14.5 Å². The number of ether oxygens (including phenoxy) is 1. The van der Waals surface area contributed by atoms with Crippen molar-refractivity contribution in [1.29, 1.82) is 0 Å². The van der Waals surface area contributed by atoms with Gasteiger partial charge in [0, 0.05) is 10.0 Å². The highest BCUT2D eigenvalue weighted by Gasteiger charge is 2.23. The Bertz CT molecular complexity index is 537. The van der Waals surface area contributed by atoms with Crippen molar-refractivity contribution in [3.05, 3.63) is 26.6 Å². The molecule has 0 spiro atoms. The Morgan fingerprint density at radius 1 is 1.43 bits per heavy atom. The largest absolute Gasteiger partial charge is 0.506 e. The van der Waals surface area contributed by atoms with Gasteiger partial charge in [0.2, 0.25) is 5.91 Å². The molecule has 0 aliphatic heterocycles. The van der Waals surface area contributed by atoms with Crippen LogP contribution in [0.1, 0.15) is 24.9 Å². The lowest BCUT2D eigenvalue weighted by Gasteiger charge is -2.20. The molecule has 0 heterocycles. The molecule has 116 valence electrons. The van der Waals surface area contributed by atoms with E-state index in [-0.39, 0.29) is 25.3 Å². The van der Waals surface area contributed by atoms with Gasteiger partial charge in [0.15, 0.2) is 0 Å². The van der Waals surface area contributed by atoms with Crippen molar-refractivity contribution >= 4 is 43.7 Å². The average molecular weight is 424 g/mol. The molecule has 6 nitrogen and oxygen atoms in total. The second-order valence-electron chi connectivity index (χ2n) is 4.16. The molecule has 1 aromatic rings. The molecule has 0 bridgehead atoms. The first-order valence-corrected chi connectivity index (χ1v) is 7.80. The number of amides is 1. The number of rotatable bonds is 6. The van der Waals surface area contributed by atoms with E-state index in [1.165, 1.54) is 0 Å². The summed E-state index contributed by atoms with van der Waals surface area (Å²) in [6.07, 6.45) is -0.101. The summed E-state index contributed by atoms with van der Waals surface area (Å²) in [5, 5.41) is 12.7. The number of carbonyl (C=O) groups is 2. The summed E-state index contributed by atoms with van der Waals surface area (Å²) in [4.78, 5) is 23.2. The number of aromatic hydroxyl groups is 1. The standard InChI is InChI=1S/C13H16Br2N2O4/c1-2-21-12(19)5-10(17-11(18)6-16)8-3-7(14)4-9(15)13(8)20/h3-4,10,20H,2,5-6,16H2,1H3,(H,17,18)/t10-/m0/s1. The molecule has 0 aliphatic carbocycles. The van der Waals surface area contributed by atoms with Crippen LogP contribution in [0.15, 0.2) is 21.1 Å². The molecule has 0 aromatic heterocycles. The van der Waals surface area contributed by atoms with Gasteiger partial charge in [0.1, 0.15) is 5.75 Å². The molecule has 8 heteroatoms. The minimum absolute atomic E-state index is 0.0511. The minimum Gasteiger partial charge on any atom is -0.506 e. The average Bonchev–Trinajstić information content (AvgIpc) is 2.42. The third kappa shape index (κ3) is 5.29. The molecule has 1 rings (SSSR count). The predicted octanol–water partition coefficient (Wildman–Crippen LogP) is 1.99. The Hall–Kier alpha value is -1.12. The summed E-state index contributed by atoms with van der Waals surface area (Å²) in [6, 6.07) is 2.56. The fourth-order valence-corrected chi connectivity index (χ4v) is 2.99. The van der Waals surface area contributed by atoms with Gasteiger partial charge >= 0.3 is 5.97 Å². The van der Waals surface area contributed by atoms with Gasteiger partial charge in [-0.15, -0.1) is 0 Å². The lowest BCUT2D eigenvalue weighted by Crippen LogP contribution is -2.35.